The molecule has 1 saturated carbocycles. The van der Waals surface area contributed by atoms with Gasteiger partial charge in [-0.05, 0) is 75.9 Å². The van der Waals surface area contributed by atoms with Crippen LogP contribution in [0.4, 0.5) is 4.39 Å². The first kappa shape index (κ1) is 29.6. The van der Waals surface area contributed by atoms with Crippen LogP contribution < -0.4 is 4.74 Å². The molecule has 1 unspecified atom stereocenters. The van der Waals surface area contributed by atoms with E-state index in [4.69, 9.17) is 30.8 Å². The molecule has 7 rings (SSSR count). The topological polar surface area (TPSA) is 78.7 Å². The molecule has 0 N–H and O–H groups in total. The van der Waals surface area contributed by atoms with E-state index >= 15 is 0 Å². The van der Waals surface area contributed by atoms with Crippen molar-refractivity contribution in [3.05, 3.63) is 75.6 Å². The number of hydrogen-bond acceptors (Lipinski definition) is 8. The monoisotopic (exact) mass is 638 g/mol. The normalized spacial score (nSPS) is 23.3. The highest BCUT2D eigenvalue weighted by Crippen LogP contribution is 2.49. The molecule has 2 fully saturated rings. The first-order valence-electron chi connectivity index (χ1n) is 15.3. The van der Waals surface area contributed by atoms with E-state index in [1.807, 2.05) is 37.3 Å². The number of aromatic nitrogens is 3. The van der Waals surface area contributed by atoms with Gasteiger partial charge < -0.3 is 18.8 Å². The molecule has 4 aromatic rings. The van der Waals surface area contributed by atoms with Gasteiger partial charge in [-0.15, -0.1) is 11.3 Å². The number of carbonyl (C=O) groups is 1. The molecule has 0 radical (unpaired) electrons. The predicted molar refractivity (Wildman–Crippen MR) is 167 cm³/mol. The minimum Gasteiger partial charge on any atom is -0.462 e. The number of rotatable bonds is 9. The van der Waals surface area contributed by atoms with Crippen molar-refractivity contribution in [1.82, 2.24) is 19.4 Å². The average Bonchev–Trinajstić information content (AvgIpc) is 3.58. The minimum absolute atomic E-state index is 0.141. The molecule has 3 aromatic heterocycles. The Balaban J connectivity index is 1.09. The first-order chi connectivity index (χ1) is 21.3. The lowest BCUT2D eigenvalue weighted by Crippen LogP contribution is -2.43. The van der Waals surface area contributed by atoms with Crippen LogP contribution in [0.25, 0.3) is 10.3 Å². The number of alkyl halides is 1. The van der Waals surface area contributed by atoms with Crippen molar-refractivity contribution in [1.29, 1.82) is 0 Å². The van der Waals surface area contributed by atoms with Gasteiger partial charge in [0.2, 0.25) is 0 Å². The number of ether oxygens (including phenoxy) is 3. The number of fused-ring (bicyclic) bond motifs is 2. The van der Waals surface area contributed by atoms with Crippen molar-refractivity contribution >= 4 is 39.3 Å². The Labute approximate surface area is 265 Å². The average molecular weight is 639 g/mol. The molecule has 0 amide bonds. The van der Waals surface area contributed by atoms with Gasteiger partial charge >= 0.3 is 5.97 Å². The second kappa shape index (κ2) is 11.7. The van der Waals surface area contributed by atoms with E-state index in [-0.39, 0.29) is 24.2 Å². The maximum Gasteiger partial charge on any atom is 0.348 e. The van der Waals surface area contributed by atoms with Crippen LogP contribution >= 0.6 is 22.9 Å². The number of thiophene rings is 1. The number of piperidine rings is 1. The van der Waals surface area contributed by atoms with Crippen LogP contribution in [-0.4, -0.2) is 51.8 Å². The number of hydrogen-bond donors (Lipinski definition) is 0. The Morgan fingerprint density at radius 2 is 2.00 bits per heavy atom. The summed E-state index contributed by atoms with van der Waals surface area (Å²) in [4.78, 5) is 25.7. The second-order valence-corrected chi connectivity index (χ2v) is 13.8. The molecule has 3 aliphatic rings. The molecule has 1 aliphatic carbocycles. The van der Waals surface area contributed by atoms with Crippen LogP contribution in [0.5, 0.6) is 5.75 Å². The van der Waals surface area contributed by atoms with Gasteiger partial charge in [0.15, 0.2) is 0 Å². The number of imidazole rings is 1. The quantitative estimate of drug-likeness (QED) is 0.178. The summed E-state index contributed by atoms with van der Waals surface area (Å²) in [6, 6.07) is 13.6. The standard InChI is InChI=1S/C33H36ClFN4O4S/c1-3-41-31(40)26-16-24-30(44-26)37-28(39(24)20-33(19-35)12-13-33)18-38-14-10-21(11-15-38)29-23-6-4-5-7-25(23)42-32(2,43-29)27-9-8-22(34)17-36-27/h4-9,16-17,21,29H,3,10-15,18-20H2,1-2H3/t29?,32-/m1/s1. The number of nitrogens with zero attached hydrogens (tertiary/aromatic N) is 4. The van der Waals surface area contributed by atoms with Crippen molar-refractivity contribution in [3.63, 3.8) is 0 Å². The van der Waals surface area contributed by atoms with Crippen LogP contribution in [0, 0.1) is 11.3 Å². The molecule has 11 heteroatoms. The molecule has 1 saturated heterocycles. The van der Waals surface area contributed by atoms with Crippen LogP contribution in [0.15, 0.2) is 48.7 Å². The largest absolute Gasteiger partial charge is 0.462 e. The van der Waals surface area contributed by atoms with E-state index in [1.54, 1.807) is 19.2 Å². The van der Waals surface area contributed by atoms with Crippen molar-refractivity contribution in [2.75, 3.05) is 26.4 Å². The molecular weight excluding hydrogens is 603 g/mol. The summed E-state index contributed by atoms with van der Waals surface area (Å²) < 4.78 is 34.5. The lowest BCUT2D eigenvalue weighted by Gasteiger charge is -2.44. The second-order valence-electron chi connectivity index (χ2n) is 12.4. The summed E-state index contributed by atoms with van der Waals surface area (Å²) >= 11 is 7.46. The summed E-state index contributed by atoms with van der Waals surface area (Å²) in [5, 5.41) is 0.564. The molecule has 232 valence electrons. The third kappa shape index (κ3) is 5.62. The van der Waals surface area contributed by atoms with Gasteiger partial charge in [0.25, 0.3) is 5.79 Å². The van der Waals surface area contributed by atoms with Crippen molar-refractivity contribution in [2.24, 2.45) is 11.3 Å². The summed E-state index contributed by atoms with van der Waals surface area (Å²) in [7, 11) is 0. The highest BCUT2D eigenvalue weighted by Gasteiger charge is 2.45. The first-order valence-corrected chi connectivity index (χ1v) is 16.5. The third-order valence-electron chi connectivity index (χ3n) is 9.24. The number of likely N-dealkylation sites (tertiary alicyclic amines) is 1. The van der Waals surface area contributed by atoms with Gasteiger partial charge in [-0.1, -0.05) is 29.8 Å². The highest BCUT2D eigenvalue weighted by atomic mass is 35.5. The fourth-order valence-corrected chi connectivity index (χ4v) is 7.53. The lowest BCUT2D eigenvalue weighted by molar-refractivity contribution is -0.244. The van der Waals surface area contributed by atoms with Crippen molar-refractivity contribution in [2.45, 2.75) is 64.5 Å². The Kier molecular flexibility index (Phi) is 7.89. The molecule has 8 nitrogen and oxygen atoms in total. The molecular formula is C33H36ClFN4O4S. The van der Waals surface area contributed by atoms with E-state index in [0.717, 1.165) is 66.3 Å². The summed E-state index contributed by atoms with van der Waals surface area (Å²) in [5.41, 5.74) is 2.32. The van der Waals surface area contributed by atoms with E-state index < -0.39 is 5.79 Å². The van der Waals surface area contributed by atoms with Gasteiger partial charge in [0.1, 0.15) is 27.0 Å². The van der Waals surface area contributed by atoms with Crippen LogP contribution in [0.1, 0.15) is 72.4 Å². The minimum atomic E-state index is -1.03. The molecule has 0 bridgehead atoms. The maximum atomic E-state index is 14.0. The van der Waals surface area contributed by atoms with E-state index in [2.05, 4.69) is 20.5 Å². The van der Waals surface area contributed by atoms with Gasteiger partial charge in [0, 0.05) is 30.6 Å². The molecule has 5 heterocycles. The SMILES string of the molecule is CCOC(=O)c1cc2c(nc(CN3CCC(C4O[C@](C)(c5ccc(Cl)cn5)Oc5ccccc54)CC3)n2CC2(CF)CC2)s1. The fraction of sp³-hybridized carbons (Fsp3) is 0.485. The smallest absolute Gasteiger partial charge is 0.348 e. The molecule has 1 aromatic carbocycles. The van der Waals surface area contributed by atoms with Crippen LogP contribution in [-0.2, 0) is 28.4 Å². The Hall–Kier alpha value is -3.05. The zero-order valence-corrected chi connectivity index (χ0v) is 26.5. The highest BCUT2D eigenvalue weighted by molar-refractivity contribution is 7.20. The van der Waals surface area contributed by atoms with Crippen LogP contribution in [0.2, 0.25) is 5.02 Å². The van der Waals surface area contributed by atoms with Gasteiger partial charge in [-0.25, -0.2) is 9.78 Å². The number of para-hydroxylation sites is 1. The number of carbonyl (C=O) groups excluding carboxylic acids is 1. The summed E-state index contributed by atoms with van der Waals surface area (Å²) in [6.45, 7) is 6.71. The predicted octanol–water partition coefficient (Wildman–Crippen LogP) is 7.31. The zero-order chi connectivity index (χ0) is 30.5. The molecule has 2 atom stereocenters. The number of halogens is 2. The number of benzene rings is 1. The molecule has 2 aliphatic heterocycles. The van der Waals surface area contributed by atoms with Crippen LogP contribution in [0.3, 0.4) is 0 Å². The molecule has 0 spiro atoms. The Morgan fingerprint density at radius 3 is 2.70 bits per heavy atom. The van der Waals surface area contributed by atoms with E-state index in [1.165, 1.54) is 11.3 Å². The fourth-order valence-electron chi connectivity index (χ4n) is 6.48. The summed E-state index contributed by atoms with van der Waals surface area (Å²) in [6.07, 6.45) is 5.12. The van der Waals surface area contributed by atoms with Gasteiger partial charge in [-0.2, -0.15) is 0 Å². The van der Waals surface area contributed by atoms with E-state index in [9.17, 15) is 9.18 Å². The van der Waals surface area contributed by atoms with Gasteiger partial charge in [0.05, 0.1) is 36.5 Å². The van der Waals surface area contributed by atoms with E-state index in [0.29, 0.717) is 41.2 Å². The molecule has 44 heavy (non-hydrogen) atoms. The zero-order valence-electron chi connectivity index (χ0n) is 24.9. The lowest BCUT2D eigenvalue weighted by atomic mass is 9.86. The third-order valence-corrected chi connectivity index (χ3v) is 10.5. The van der Waals surface area contributed by atoms with Crippen molar-refractivity contribution in [3.8, 4) is 5.75 Å². The summed E-state index contributed by atoms with van der Waals surface area (Å²) in [5.74, 6) is 0.664. The Bertz CT molecular complexity index is 1660. The number of pyridine rings is 1. The maximum absolute atomic E-state index is 14.0. The Morgan fingerprint density at radius 1 is 1.20 bits per heavy atom. The number of esters is 1. The van der Waals surface area contributed by atoms with Gasteiger partial charge in [-0.3, -0.25) is 14.3 Å². The van der Waals surface area contributed by atoms with Crippen molar-refractivity contribution < 1.29 is 23.4 Å².